The monoisotopic (exact) mass is 450 g/mol. The minimum Gasteiger partial charge on any atom is -1.00 e. The van der Waals surface area contributed by atoms with Gasteiger partial charge in [0.1, 0.15) is 0 Å². The third-order valence-electron chi connectivity index (χ3n) is 2.56. The Labute approximate surface area is 139 Å². The summed E-state index contributed by atoms with van der Waals surface area (Å²) in [6.45, 7) is 2.28. The first-order valence-corrected chi connectivity index (χ1v) is 6.93. The van der Waals surface area contributed by atoms with Gasteiger partial charge in [0.05, 0.1) is 0 Å². The van der Waals surface area contributed by atoms with Crippen molar-refractivity contribution in [1.29, 1.82) is 0 Å². The van der Waals surface area contributed by atoms with Crippen molar-refractivity contribution in [3.63, 3.8) is 0 Å². The molecule has 0 unspecified atom stereocenters. The molecule has 0 aliphatic carbocycles. The van der Waals surface area contributed by atoms with E-state index < -0.39 is 0 Å². The summed E-state index contributed by atoms with van der Waals surface area (Å²) >= 11 is 2.81. The molecule has 90 valence electrons. The summed E-state index contributed by atoms with van der Waals surface area (Å²) in [4.78, 5) is 0. The zero-order valence-corrected chi connectivity index (χ0v) is 15.6. The Morgan fingerprint density at radius 3 is 1.27 bits per heavy atom. The van der Waals surface area contributed by atoms with Crippen molar-refractivity contribution < 1.29 is 48.0 Å². The first kappa shape index (κ1) is 22.2. The molecule has 15 heavy (non-hydrogen) atoms. The van der Waals surface area contributed by atoms with Gasteiger partial charge in [-0.25, -0.2) is 0 Å². The van der Waals surface area contributed by atoms with Gasteiger partial charge in [0.2, 0.25) is 0 Å². The van der Waals surface area contributed by atoms with Crippen LogP contribution in [0.3, 0.4) is 0 Å². The largest absolute Gasteiger partial charge is 1.00 e. The van der Waals surface area contributed by atoms with E-state index in [1.807, 2.05) is 0 Å². The summed E-state index contributed by atoms with van der Waals surface area (Å²) < 4.78 is 0. The Hall–Kier alpha value is 1.99. The van der Waals surface area contributed by atoms with E-state index in [0.29, 0.717) is 0 Å². The molecule has 0 atom stereocenters. The first-order valence-electron chi connectivity index (χ1n) is 6.12. The molecule has 0 fully saturated rings. The molecule has 0 amide bonds. The Morgan fingerprint density at radius 1 is 0.600 bits per heavy atom. The number of rotatable bonds is 10. The number of hydrogen-bond acceptors (Lipinski definition) is 0. The molecule has 0 spiro atoms. The summed E-state index contributed by atoms with van der Waals surface area (Å²) in [5.41, 5.74) is 0. The van der Waals surface area contributed by atoms with Crippen LogP contribution >= 0.6 is 0 Å². The van der Waals surface area contributed by atoms with E-state index in [4.69, 9.17) is 0 Å². The molecule has 3 heteroatoms. The van der Waals surface area contributed by atoms with Crippen molar-refractivity contribution >= 4 is 16.3 Å². The third-order valence-corrected chi connectivity index (χ3v) is 2.97. The minimum absolute atomic E-state index is 0. The van der Waals surface area contributed by atoms with Gasteiger partial charge < -0.3 is 48.0 Å². The predicted molar refractivity (Wildman–Crippen MR) is 62.4 cm³/mol. The molecule has 0 aromatic rings. The maximum atomic E-state index is 2.81. The first-order chi connectivity index (χ1) is 6.41. The van der Waals surface area contributed by atoms with E-state index in [-0.39, 0.29) is 48.0 Å². The standard InChI is InChI=1S/C12H25.Al.2HI/c1-3-5-7-9-11-12-10-8-6-4-2;;;/h1,3-12H2,2H3;;2*1H/q;+2;;/p-2. The molecule has 0 heterocycles. The van der Waals surface area contributed by atoms with Crippen LogP contribution in [-0.2, 0) is 0 Å². The van der Waals surface area contributed by atoms with E-state index in [1.54, 1.807) is 0 Å². The molecule has 0 aromatic heterocycles. The summed E-state index contributed by atoms with van der Waals surface area (Å²) in [6, 6.07) is 0. The third kappa shape index (κ3) is 21.8. The van der Waals surface area contributed by atoms with Crippen molar-refractivity contribution in [1.82, 2.24) is 0 Å². The molecular weight excluding hydrogens is 425 g/mol. The van der Waals surface area contributed by atoms with Gasteiger partial charge in [-0.1, -0.05) is 0 Å². The van der Waals surface area contributed by atoms with Crippen LogP contribution in [0.5, 0.6) is 0 Å². The second kappa shape index (κ2) is 21.3. The van der Waals surface area contributed by atoms with Crippen molar-refractivity contribution in [3.8, 4) is 0 Å². The van der Waals surface area contributed by atoms with Crippen LogP contribution in [0.15, 0.2) is 0 Å². The topological polar surface area (TPSA) is 0 Å². The molecule has 0 N–H and O–H groups in total. The zero-order valence-electron chi connectivity index (χ0n) is 10.1. The molecule has 0 aromatic carbocycles. The Morgan fingerprint density at radius 2 is 0.933 bits per heavy atom. The fourth-order valence-electron chi connectivity index (χ4n) is 1.63. The molecule has 0 bridgehead atoms. The fraction of sp³-hybridized carbons (Fsp3) is 1.00. The smallest absolute Gasteiger partial charge is 1.00 e. The summed E-state index contributed by atoms with van der Waals surface area (Å²) in [7, 11) is 0. The molecular formula is C12H25AlI2. The average molecular weight is 450 g/mol. The second-order valence-electron chi connectivity index (χ2n) is 3.97. The van der Waals surface area contributed by atoms with Crippen LogP contribution < -0.4 is 48.0 Å². The van der Waals surface area contributed by atoms with Crippen LogP contribution in [0.2, 0.25) is 5.28 Å². The fourth-order valence-corrected chi connectivity index (χ4v) is 1.92. The van der Waals surface area contributed by atoms with Gasteiger partial charge in [0, 0.05) is 0 Å². The normalized spacial score (nSPS) is 9.27. The van der Waals surface area contributed by atoms with Gasteiger partial charge in [0.25, 0.3) is 0 Å². The molecule has 0 radical (unpaired) electrons. The quantitative estimate of drug-likeness (QED) is 0.216. The van der Waals surface area contributed by atoms with Gasteiger partial charge >= 0.3 is 92.7 Å². The molecule has 0 aliphatic rings. The van der Waals surface area contributed by atoms with Crippen LogP contribution in [0.4, 0.5) is 0 Å². The average Bonchev–Trinajstić information content (AvgIpc) is 2.16. The second-order valence-corrected chi connectivity index (χ2v) is 4.55. The van der Waals surface area contributed by atoms with Crippen molar-refractivity contribution in [2.75, 3.05) is 0 Å². The maximum Gasteiger partial charge on any atom is -1.00 e. The van der Waals surface area contributed by atoms with E-state index in [2.05, 4.69) is 23.2 Å². The van der Waals surface area contributed by atoms with Gasteiger partial charge in [-0.3, -0.25) is 0 Å². The molecule has 0 aliphatic heterocycles. The van der Waals surface area contributed by atoms with Crippen molar-refractivity contribution in [2.24, 2.45) is 0 Å². The number of unbranched alkanes of at least 4 members (excludes halogenated alkanes) is 9. The van der Waals surface area contributed by atoms with E-state index in [0.717, 1.165) is 0 Å². The van der Waals surface area contributed by atoms with E-state index in [1.165, 1.54) is 69.5 Å². The summed E-state index contributed by atoms with van der Waals surface area (Å²) in [5.74, 6) is 0. The minimum atomic E-state index is 0. The number of halogens is 2. The molecule has 0 saturated carbocycles. The maximum absolute atomic E-state index is 2.81. The van der Waals surface area contributed by atoms with Crippen molar-refractivity contribution in [2.45, 2.75) is 76.4 Å². The van der Waals surface area contributed by atoms with Crippen LogP contribution in [0.25, 0.3) is 0 Å². The summed E-state index contributed by atoms with van der Waals surface area (Å²) in [6.07, 6.45) is 14.5. The molecule has 0 nitrogen and oxygen atoms in total. The van der Waals surface area contributed by atoms with Gasteiger partial charge in [-0.15, -0.1) is 0 Å². The molecule has 0 saturated heterocycles. The van der Waals surface area contributed by atoms with E-state index in [9.17, 15) is 0 Å². The van der Waals surface area contributed by atoms with Crippen LogP contribution in [0, 0.1) is 0 Å². The predicted octanol–water partition coefficient (Wildman–Crippen LogP) is -1.50. The van der Waals surface area contributed by atoms with Crippen LogP contribution in [0.1, 0.15) is 71.1 Å². The number of hydrogen-bond donors (Lipinski definition) is 0. The van der Waals surface area contributed by atoms with Gasteiger partial charge in [-0.05, 0) is 0 Å². The van der Waals surface area contributed by atoms with Crippen molar-refractivity contribution in [3.05, 3.63) is 0 Å². The van der Waals surface area contributed by atoms with Gasteiger partial charge in [0.15, 0.2) is 0 Å². The van der Waals surface area contributed by atoms with Gasteiger partial charge in [-0.2, -0.15) is 0 Å². The molecule has 0 rings (SSSR count). The zero-order chi connectivity index (χ0) is 9.78. The SMILES string of the molecule is CCCCCCCCCCC[CH2][Al+2].[I-].[I-]. The Kier molecular flexibility index (Phi) is 31.5. The van der Waals surface area contributed by atoms with E-state index >= 15 is 0 Å². The summed E-state index contributed by atoms with van der Waals surface area (Å²) in [5, 5.41) is 1.29. The van der Waals surface area contributed by atoms with Crippen LogP contribution in [-0.4, -0.2) is 16.3 Å². The Bertz CT molecular complexity index is 79.7. The Balaban J connectivity index is -0.000000720.